The summed E-state index contributed by atoms with van der Waals surface area (Å²) < 4.78 is 0. The zero-order valence-electron chi connectivity index (χ0n) is 11.8. The molecule has 0 N–H and O–H groups in total. The number of nitrogens with zero attached hydrogens (tertiary/aromatic N) is 2. The molecule has 0 aliphatic carbocycles. The average Bonchev–Trinajstić information content (AvgIpc) is 2.53. The summed E-state index contributed by atoms with van der Waals surface area (Å²) >= 11 is 5.79. The Balaban J connectivity index is 1.83. The van der Waals surface area contributed by atoms with Crippen LogP contribution >= 0.6 is 11.6 Å². The van der Waals surface area contributed by atoms with Crippen LogP contribution in [0.3, 0.4) is 0 Å². The molecule has 0 saturated carbocycles. The third-order valence-corrected chi connectivity index (χ3v) is 2.98. The van der Waals surface area contributed by atoms with E-state index >= 15 is 0 Å². The van der Waals surface area contributed by atoms with Crippen LogP contribution in [0, 0.1) is 23.2 Å². The molecule has 2 aromatic carbocycles. The van der Waals surface area contributed by atoms with Crippen LogP contribution < -0.4 is 0 Å². The molecule has 0 atom stereocenters. The largest absolute Gasteiger partial charge is 0.383 e. The second-order valence-electron chi connectivity index (χ2n) is 4.40. The van der Waals surface area contributed by atoms with Gasteiger partial charge in [-0.1, -0.05) is 52.9 Å². The highest BCUT2D eigenvalue weighted by atomic mass is 35.5. The number of rotatable bonds is 4. The normalized spacial score (nSPS) is 9.82. The predicted octanol–water partition coefficient (Wildman–Crippen LogP) is 3.81. The van der Waals surface area contributed by atoms with Crippen molar-refractivity contribution in [1.29, 1.82) is 5.26 Å². The summed E-state index contributed by atoms with van der Waals surface area (Å²) in [6.45, 7) is 0.201. The summed E-state index contributed by atoms with van der Waals surface area (Å²) in [5, 5.41) is 13.2. The lowest BCUT2D eigenvalue weighted by molar-refractivity contribution is 0.181. The van der Waals surface area contributed by atoms with Crippen molar-refractivity contribution in [3.8, 4) is 17.9 Å². The molecule has 0 aromatic heterocycles. The molecule has 0 saturated heterocycles. The maximum absolute atomic E-state index is 8.66. The van der Waals surface area contributed by atoms with Crippen LogP contribution in [-0.2, 0) is 11.3 Å². The Kier molecular flexibility index (Phi) is 6.05. The van der Waals surface area contributed by atoms with Gasteiger partial charge in [-0.05, 0) is 35.4 Å². The van der Waals surface area contributed by atoms with Crippen LogP contribution in [-0.4, -0.2) is 12.8 Å². The smallest absolute Gasteiger partial charge is 0.177 e. The molecule has 0 amide bonds. The van der Waals surface area contributed by atoms with Gasteiger partial charge in [-0.25, -0.2) is 0 Å². The van der Waals surface area contributed by atoms with Crippen LogP contribution in [0.2, 0.25) is 5.02 Å². The van der Waals surface area contributed by atoms with Crippen molar-refractivity contribution in [2.45, 2.75) is 6.42 Å². The summed E-state index contributed by atoms with van der Waals surface area (Å²) in [6, 6.07) is 17.0. The van der Waals surface area contributed by atoms with Crippen molar-refractivity contribution in [1.82, 2.24) is 0 Å². The Bertz CT molecular complexity index is 749. The van der Waals surface area contributed by atoms with Crippen molar-refractivity contribution in [3.05, 3.63) is 70.2 Å². The van der Waals surface area contributed by atoms with Crippen LogP contribution in [0.15, 0.2) is 53.7 Å². The van der Waals surface area contributed by atoms with Crippen LogP contribution in [0.25, 0.3) is 0 Å². The Labute approximate surface area is 134 Å². The van der Waals surface area contributed by atoms with Crippen LogP contribution in [0.5, 0.6) is 0 Å². The van der Waals surface area contributed by atoms with Gasteiger partial charge >= 0.3 is 0 Å². The highest BCUT2D eigenvalue weighted by Gasteiger charge is 1.92. The van der Waals surface area contributed by atoms with E-state index < -0.39 is 0 Å². The van der Waals surface area contributed by atoms with Gasteiger partial charge in [0.25, 0.3) is 0 Å². The number of benzene rings is 2. The van der Waals surface area contributed by atoms with Gasteiger partial charge in [0.2, 0.25) is 0 Å². The number of hydrogen-bond acceptors (Lipinski definition) is 3. The van der Waals surface area contributed by atoms with Gasteiger partial charge in [0, 0.05) is 10.6 Å². The van der Waals surface area contributed by atoms with Gasteiger partial charge < -0.3 is 4.84 Å². The fourth-order valence-corrected chi connectivity index (χ4v) is 1.83. The molecular formula is C18H13ClN2O. The van der Waals surface area contributed by atoms with Crippen molar-refractivity contribution in [3.63, 3.8) is 0 Å². The first-order valence-corrected chi connectivity index (χ1v) is 7.01. The molecule has 0 bridgehead atoms. The molecule has 0 radical (unpaired) electrons. The molecular weight excluding hydrogens is 296 g/mol. The maximum atomic E-state index is 8.66. The van der Waals surface area contributed by atoms with E-state index in [1.165, 1.54) is 0 Å². The van der Waals surface area contributed by atoms with Gasteiger partial charge in [0.05, 0.1) is 18.7 Å². The molecule has 108 valence electrons. The molecule has 0 fully saturated rings. The van der Waals surface area contributed by atoms with E-state index in [0.29, 0.717) is 11.4 Å². The fourth-order valence-electron chi connectivity index (χ4n) is 1.70. The lowest BCUT2D eigenvalue weighted by Crippen LogP contribution is -1.87. The molecule has 3 nitrogen and oxygen atoms in total. The fraction of sp³-hybridized carbons (Fsp3) is 0.111. The van der Waals surface area contributed by atoms with Gasteiger partial charge in [0.1, 0.15) is 0 Å². The quantitative estimate of drug-likeness (QED) is 0.373. The summed E-state index contributed by atoms with van der Waals surface area (Å²) in [5.41, 5.74) is 2.72. The summed E-state index contributed by atoms with van der Waals surface area (Å²) in [6.07, 6.45) is 1.99. The third-order valence-electron chi connectivity index (χ3n) is 2.73. The van der Waals surface area contributed by atoms with Crippen molar-refractivity contribution >= 4 is 17.8 Å². The molecule has 2 aromatic rings. The van der Waals surface area contributed by atoms with E-state index in [9.17, 15) is 0 Å². The van der Waals surface area contributed by atoms with Crippen LogP contribution in [0.1, 0.15) is 16.7 Å². The zero-order chi connectivity index (χ0) is 15.6. The number of nitriles is 1. The highest BCUT2D eigenvalue weighted by Crippen LogP contribution is 2.08. The third kappa shape index (κ3) is 5.32. The van der Waals surface area contributed by atoms with Gasteiger partial charge in [-0.3, -0.25) is 0 Å². The minimum absolute atomic E-state index is 0.201. The predicted molar refractivity (Wildman–Crippen MR) is 87.6 cm³/mol. The Morgan fingerprint density at radius 1 is 1.18 bits per heavy atom. The molecule has 0 spiro atoms. The summed E-state index contributed by atoms with van der Waals surface area (Å²) in [4.78, 5) is 5.08. The summed E-state index contributed by atoms with van der Waals surface area (Å²) in [7, 11) is 0. The van der Waals surface area contributed by atoms with E-state index in [0.717, 1.165) is 16.7 Å². The zero-order valence-corrected chi connectivity index (χ0v) is 12.5. The molecule has 2 rings (SSSR count). The lowest BCUT2D eigenvalue weighted by atomic mass is 10.1. The monoisotopic (exact) mass is 308 g/mol. The first kappa shape index (κ1) is 15.6. The highest BCUT2D eigenvalue weighted by molar-refractivity contribution is 6.30. The lowest BCUT2D eigenvalue weighted by Gasteiger charge is -1.95. The minimum Gasteiger partial charge on any atom is -0.383 e. The molecule has 4 heteroatoms. The Morgan fingerprint density at radius 2 is 2.00 bits per heavy atom. The van der Waals surface area contributed by atoms with Gasteiger partial charge in [-0.15, -0.1) is 0 Å². The minimum atomic E-state index is 0.201. The van der Waals surface area contributed by atoms with Crippen molar-refractivity contribution in [2.24, 2.45) is 5.16 Å². The average molecular weight is 309 g/mol. The second-order valence-corrected chi connectivity index (χ2v) is 4.83. The topological polar surface area (TPSA) is 45.4 Å². The van der Waals surface area contributed by atoms with Crippen molar-refractivity contribution in [2.75, 3.05) is 6.61 Å². The number of halogens is 1. The molecule has 0 heterocycles. The van der Waals surface area contributed by atoms with E-state index in [1.807, 2.05) is 36.4 Å². The van der Waals surface area contributed by atoms with Gasteiger partial charge in [-0.2, -0.15) is 5.26 Å². The first-order valence-electron chi connectivity index (χ1n) is 6.63. The second kappa shape index (κ2) is 8.52. The molecule has 0 aliphatic heterocycles. The van der Waals surface area contributed by atoms with E-state index in [2.05, 4.69) is 23.1 Å². The SMILES string of the molecule is N#CCc1cccc(C#CCO/N=C/c2ccc(Cl)cc2)c1. The number of oxime groups is 1. The van der Waals surface area contributed by atoms with Gasteiger partial charge in [0.15, 0.2) is 6.61 Å². The first-order chi connectivity index (χ1) is 10.8. The standard InChI is InChI=1S/C18H13ClN2O/c19-18-8-6-17(7-9-18)14-21-22-12-2-5-15-3-1-4-16(13-15)10-11-20/h1,3-4,6-9,13-14H,10,12H2/b21-14+. The Morgan fingerprint density at radius 3 is 2.77 bits per heavy atom. The number of hydrogen-bond donors (Lipinski definition) is 0. The van der Waals surface area contributed by atoms with E-state index in [-0.39, 0.29) is 6.61 Å². The van der Waals surface area contributed by atoms with E-state index in [1.54, 1.807) is 18.3 Å². The van der Waals surface area contributed by atoms with Crippen molar-refractivity contribution < 1.29 is 4.84 Å². The molecule has 0 unspecified atom stereocenters. The molecule has 0 aliphatic rings. The van der Waals surface area contributed by atoms with E-state index in [4.69, 9.17) is 21.7 Å². The van der Waals surface area contributed by atoms with Crippen LogP contribution in [0.4, 0.5) is 0 Å². The maximum Gasteiger partial charge on any atom is 0.177 e. The summed E-state index contributed by atoms with van der Waals surface area (Å²) in [5.74, 6) is 5.85. The Hall–Kier alpha value is -2.75. The molecule has 22 heavy (non-hydrogen) atoms.